The highest BCUT2D eigenvalue weighted by atomic mass is 127. The quantitative estimate of drug-likeness (QED) is 0.262. The Kier molecular flexibility index (Phi) is 8.03. The van der Waals surface area contributed by atoms with Crippen molar-refractivity contribution in [1.82, 2.24) is 0 Å². The van der Waals surface area contributed by atoms with E-state index in [-0.39, 0.29) is 24.0 Å². The highest BCUT2D eigenvalue weighted by molar-refractivity contribution is 7.80. The van der Waals surface area contributed by atoms with Gasteiger partial charge in [0.05, 0.1) is 31.1 Å². The average Bonchev–Trinajstić information content (AvgIpc) is 2.76. The Bertz CT molecular complexity index is 869. The third kappa shape index (κ3) is 5.78. The Hall–Kier alpha value is -1.96. The van der Waals surface area contributed by atoms with Crippen LogP contribution in [0.4, 0.5) is 0 Å². The Morgan fingerprint density at radius 3 is 0.966 bits per heavy atom. The molecule has 0 spiro atoms. The van der Waals surface area contributed by atoms with Crippen molar-refractivity contribution in [2.75, 3.05) is 0 Å². The summed E-state index contributed by atoms with van der Waals surface area (Å²) in [5.74, 6) is 0. The molecule has 0 atom stereocenters. The molecule has 0 unspecified atom stereocenters. The number of hydrogen-bond acceptors (Lipinski definition) is 0. The highest BCUT2D eigenvalue weighted by Crippen LogP contribution is 2.65. The molecule has 0 heterocycles. The van der Waals surface area contributed by atoms with Gasteiger partial charge in [-0.15, -0.1) is 0 Å². The molecule has 0 aliphatic carbocycles. The molecule has 0 radical (unpaired) electrons. The summed E-state index contributed by atoms with van der Waals surface area (Å²) < 4.78 is 0. The number of benzene rings is 4. The zero-order valence-electron chi connectivity index (χ0n) is 16.5. The lowest BCUT2D eigenvalue weighted by atomic mass is 10.2. The predicted octanol–water partition coefficient (Wildman–Crippen LogP) is 3.93. The van der Waals surface area contributed by atoms with Crippen LogP contribution in [0.5, 0.6) is 0 Å². The third-order valence-corrected chi connectivity index (χ3v) is 9.59. The van der Waals surface area contributed by atoms with E-state index in [2.05, 4.69) is 121 Å². The Morgan fingerprint density at radius 2 is 0.655 bits per heavy atom. The fourth-order valence-electron chi connectivity index (χ4n) is 3.98. The van der Waals surface area contributed by atoms with E-state index < -0.39 is 7.26 Å². The monoisotopic (exact) mass is 508 g/mol. The molecule has 0 aliphatic rings. The maximum atomic E-state index is 2.35. The first-order chi connectivity index (χ1) is 13.8. The fourth-order valence-corrected chi connectivity index (χ4v) is 8.40. The molecule has 2 heteroatoms. The molecule has 4 aromatic rings. The van der Waals surface area contributed by atoms with Crippen LogP contribution in [0.3, 0.4) is 0 Å². The minimum absolute atomic E-state index is 0. The van der Waals surface area contributed by atoms with Crippen molar-refractivity contribution in [1.29, 1.82) is 0 Å². The summed E-state index contributed by atoms with van der Waals surface area (Å²) in [6, 6.07) is 44.3. The van der Waals surface area contributed by atoms with E-state index in [0.29, 0.717) is 0 Å². The van der Waals surface area contributed by atoms with Crippen molar-refractivity contribution < 1.29 is 24.0 Å². The van der Waals surface area contributed by atoms with Gasteiger partial charge in [0.2, 0.25) is 0 Å². The van der Waals surface area contributed by atoms with Crippen LogP contribution in [0.2, 0.25) is 0 Å². The molecule has 146 valence electrons. The lowest BCUT2D eigenvalue weighted by Crippen LogP contribution is -3.00. The summed E-state index contributed by atoms with van der Waals surface area (Å²) in [6.07, 6.45) is 3.38. The van der Waals surface area contributed by atoms with E-state index in [1.54, 1.807) is 0 Å². The fraction of sp³-hybridized carbons (Fsp3) is 0.111. The minimum Gasteiger partial charge on any atom is -1.00 e. The topological polar surface area (TPSA) is 0 Å². The van der Waals surface area contributed by atoms with Crippen molar-refractivity contribution in [3.8, 4) is 0 Å². The molecule has 4 aromatic carbocycles. The van der Waals surface area contributed by atoms with Gasteiger partial charge >= 0.3 is 0 Å². The normalized spacial score (nSPS) is 10.9. The maximum absolute atomic E-state index is 2.35. The van der Waals surface area contributed by atoms with Gasteiger partial charge in [0.25, 0.3) is 0 Å². The summed E-state index contributed by atoms with van der Waals surface area (Å²) in [7, 11) is -1.51. The van der Waals surface area contributed by atoms with Gasteiger partial charge in [-0.25, -0.2) is 0 Å². The van der Waals surface area contributed by atoms with Gasteiger partial charge in [-0.2, -0.15) is 0 Å². The van der Waals surface area contributed by atoms with E-state index in [0.717, 1.165) is 18.5 Å². The Labute approximate surface area is 192 Å². The third-order valence-electron chi connectivity index (χ3n) is 5.29. The molecule has 0 N–H and O–H groups in total. The van der Waals surface area contributed by atoms with Crippen molar-refractivity contribution in [2.45, 2.75) is 18.5 Å². The second-order valence-electron chi connectivity index (χ2n) is 7.41. The van der Waals surface area contributed by atoms with E-state index in [9.17, 15) is 0 Å². The SMILES string of the molecule is [I-].c1ccc(C[P+](Cc2ccccc2)(Cc2ccccc2)c2ccccc2)cc1. The summed E-state index contributed by atoms with van der Waals surface area (Å²) in [5, 5.41) is 1.52. The largest absolute Gasteiger partial charge is 1.00 e. The molecule has 29 heavy (non-hydrogen) atoms. The molecule has 0 aliphatic heterocycles. The molecule has 0 amide bonds. The van der Waals surface area contributed by atoms with E-state index in [1.807, 2.05) is 0 Å². The first-order valence-electron chi connectivity index (χ1n) is 9.88. The van der Waals surface area contributed by atoms with Crippen LogP contribution >= 0.6 is 7.26 Å². The second-order valence-corrected chi connectivity index (χ2v) is 11.2. The molecule has 0 aromatic heterocycles. The first kappa shape index (κ1) is 21.7. The van der Waals surface area contributed by atoms with E-state index >= 15 is 0 Å². The predicted molar refractivity (Wildman–Crippen MR) is 123 cm³/mol. The van der Waals surface area contributed by atoms with Crippen LogP contribution in [0, 0.1) is 0 Å². The standard InChI is InChI=1S/C27H26P.HI/c1-5-13-24(14-6-1)21-28(27-19-11-4-12-20-27,22-25-15-7-2-8-16-25)23-26-17-9-3-10-18-26;/h1-20H,21-23H2;1H/q+1;/p-1. The lowest BCUT2D eigenvalue weighted by Gasteiger charge is -2.28. The summed E-state index contributed by atoms with van der Waals surface area (Å²) >= 11 is 0. The summed E-state index contributed by atoms with van der Waals surface area (Å²) in [6.45, 7) is 0. The Morgan fingerprint density at radius 1 is 0.379 bits per heavy atom. The molecule has 0 bridgehead atoms. The summed E-state index contributed by atoms with van der Waals surface area (Å²) in [4.78, 5) is 0. The van der Waals surface area contributed by atoms with Gasteiger partial charge in [0, 0.05) is 0 Å². The lowest BCUT2D eigenvalue weighted by molar-refractivity contribution is -0.00000567. The average molecular weight is 508 g/mol. The zero-order valence-corrected chi connectivity index (χ0v) is 19.5. The Balaban J connectivity index is 0.00000240. The van der Waals surface area contributed by atoms with Crippen molar-refractivity contribution in [3.05, 3.63) is 138 Å². The summed E-state index contributed by atoms with van der Waals surface area (Å²) in [5.41, 5.74) is 4.31. The van der Waals surface area contributed by atoms with Gasteiger partial charge in [-0.1, -0.05) is 109 Å². The molecular weight excluding hydrogens is 482 g/mol. The van der Waals surface area contributed by atoms with Crippen LogP contribution in [-0.2, 0) is 18.5 Å². The van der Waals surface area contributed by atoms with E-state index in [4.69, 9.17) is 0 Å². The van der Waals surface area contributed by atoms with Crippen molar-refractivity contribution >= 4 is 12.6 Å². The van der Waals surface area contributed by atoms with Gasteiger partial charge in [0.1, 0.15) is 0 Å². The molecule has 0 nitrogen and oxygen atoms in total. The van der Waals surface area contributed by atoms with Gasteiger partial charge in [0.15, 0.2) is 0 Å². The highest BCUT2D eigenvalue weighted by Gasteiger charge is 2.40. The maximum Gasteiger partial charge on any atom is 0.0950 e. The van der Waals surface area contributed by atoms with Crippen LogP contribution in [-0.4, -0.2) is 0 Å². The molecular formula is C27H26IP. The number of rotatable bonds is 7. The smallest absolute Gasteiger partial charge is 0.0950 e. The molecule has 0 fully saturated rings. The van der Waals surface area contributed by atoms with Crippen molar-refractivity contribution in [2.24, 2.45) is 0 Å². The minimum atomic E-state index is -1.51. The van der Waals surface area contributed by atoms with Crippen molar-refractivity contribution in [3.63, 3.8) is 0 Å². The first-order valence-corrected chi connectivity index (χ1v) is 12.2. The van der Waals surface area contributed by atoms with E-state index in [1.165, 1.54) is 22.0 Å². The van der Waals surface area contributed by atoms with Crippen LogP contribution in [0.1, 0.15) is 16.7 Å². The zero-order chi connectivity index (χ0) is 19.1. The van der Waals surface area contributed by atoms with Crippen LogP contribution in [0.15, 0.2) is 121 Å². The van der Waals surface area contributed by atoms with Gasteiger partial charge in [-0.3, -0.25) is 0 Å². The second kappa shape index (κ2) is 10.7. The van der Waals surface area contributed by atoms with Crippen LogP contribution < -0.4 is 29.3 Å². The molecule has 0 saturated carbocycles. The number of halogens is 1. The van der Waals surface area contributed by atoms with Gasteiger partial charge < -0.3 is 24.0 Å². The van der Waals surface area contributed by atoms with Crippen LogP contribution in [0.25, 0.3) is 0 Å². The van der Waals surface area contributed by atoms with Gasteiger partial charge in [-0.05, 0) is 28.8 Å². The molecule has 4 rings (SSSR count). The molecule has 0 saturated heterocycles. The number of hydrogen-bond donors (Lipinski definition) is 0.